The molecular weight excluding hydrogens is 369 g/mol. The average Bonchev–Trinajstić information content (AvgIpc) is 2.61. The standard InChI is InChI=1S/C21H25ClFNOS/c1-16-6-12-20(13-7-16)26(2,25)24-14-4-3-5-19(24)11-9-17-8-10-18(22)15-21(17)23/h6-8,10,12-13,15,19H,2-5,9,11,14H2,1H3. The van der Waals surface area contributed by atoms with Gasteiger partial charge in [0.05, 0.1) is 9.71 Å². The van der Waals surface area contributed by atoms with Crippen LogP contribution in [-0.2, 0) is 16.1 Å². The summed E-state index contributed by atoms with van der Waals surface area (Å²) in [4.78, 5) is 0.771. The second-order valence-electron chi connectivity index (χ2n) is 7.02. The van der Waals surface area contributed by atoms with E-state index in [0.717, 1.165) is 42.7 Å². The summed E-state index contributed by atoms with van der Waals surface area (Å²) in [5.41, 5.74) is 1.79. The van der Waals surface area contributed by atoms with Gasteiger partial charge in [0, 0.05) is 22.5 Å². The monoisotopic (exact) mass is 393 g/mol. The van der Waals surface area contributed by atoms with Crippen LogP contribution in [0.3, 0.4) is 0 Å². The molecule has 2 nitrogen and oxygen atoms in total. The van der Waals surface area contributed by atoms with E-state index in [0.29, 0.717) is 17.0 Å². The molecule has 0 N–H and O–H groups in total. The van der Waals surface area contributed by atoms with Crippen LogP contribution in [-0.4, -0.2) is 27.0 Å². The number of hydrogen-bond donors (Lipinski definition) is 0. The molecule has 2 aromatic carbocycles. The van der Waals surface area contributed by atoms with Crippen LogP contribution < -0.4 is 0 Å². The molecule has 0 aliphatic carbocycles. The number of benzene rings is 2. The number of piperidine rings is 1. The summed E-state index contributed by atoms with van der Waals surface area (Å²) in [6.07, 6.45) is 4.45. The summed E-state index contributed by atoms with van der Waals surface area (Å²) in [7, 11) is -2.53. The Morgan fingerprint density at radius 3 is 2.65 bits per heavy atom. The summed E-state index contributed by atoms with van der Waals surface area (Å²) < 4.78 is 29.6. The molecule has 1 heterocycles. The van der Waals surface area contributed by atoms with Crippen molar-refractivity contribution in [1.82, 2.24) is 4.31 Å². The maximum atomic E-state index is 14.1. The molecule has 0 radical (unpaired) electrons. The minimum atomic E-state index is -2.53. The fourth-order valence-corrected chi connectivity index (χ4v) is 5.69. The molecular formula is C21H25ClFNOS. The number of nitrogens with zero attached hydrogens (tertiary/aromatic N) is 1. The Labute approximate surface area is 161 Å². The first kappa shape index (κ1) is 19.4. The molecule has 1 aliphatic heterocycles. The first-order chi connectivity index (χ1) is 12.4. The van der Waals surface area contributed by atoms with Crippen LogP contribution in [0.25, 0.3) is 0 Å². The lowest BCUT2D eigenvalue weighted by Gasteiger charge is -2.38. The van der Waals surface area contributed by atoms with E-state index in [1.54, 1.807) is 12.1 Å². The van der Waals surface area contributed by atoms with Gasteiger partial charge < -0.3 is 0 Å². The fourth-order valence-electron chi connectivity index (χ4n) is 3.58. The largest absolute Gasteiger partial charge is 0.248 e. The SMILES string of the molecule is C=S(=O)(c1ccc(C)cc1)N1CCCCC1CCc1ccc(Cl)cc1F. The number of aryl methyl sites for hydroxylation is 2. The summed E-state index contributed by atoms with van der Waals surface area (Å²) in [5.74, 6) is 3.82. The summed E-state index contributed by atoms with van der Waals surface area (Å²) in [6.45, 7) is 2.78. The highest BCUT2D eigenvalue weighted by Crippen LogP contribution is 2.28. The van der Waals surface area contributed by atoms with E-state index in [4.69, 9.17) is 11.6 Å². The summed E-state index contributed by atoms with van der Waals surface area (Å²) in [5, 5.41) is 0.408. The lowest BCUT2D eigenvalue weighted by atomic mass is 9.98. The molecule has 0 spiro atoms. The van der Waals surface area contributed by atoms with Crippen LogP contribution in [0.15, 0.2) is 47.4 Å². The van der Waals surface area contributed by atoms with Crippen molar-refractivity contribution in [3.05, 3.63) is 64.4 Å². The van der Waals surface area contributed by atoms with Gasteiger partial charge in [-0.15, -0.1) is 0 Å². The lowest BCUT2D eigenvalue weighted by Crippen LogP contribution is -2.43. The zero-order chi connectivity index (χ0) is 18.7. The van der Waals surface area contributed by atoms with Crippen LogP contribution in [0.4, 0.5) is 4.39 Å². The van der Waals surface area contributed by atoms with Crippen molar-refractivity contribution in [3.63, 3.8) is 0 Å². The van der Waals surface area contributed by atoms with Gasteiger partial charge in [-0.2, -0.15) is 0 Å². The number of halogens is 2. The Morgan fingerprint density at radius 2 is 1.96 bits per heavy atom. The number of hydrogen-bond acceptors (Lipinski definition) is 1. The van der Waals surface area contributed by atoms with Crippen LogP contribution in [0.5, 0.6) is 0 Å². The Kier molecular flexibility index (Phi) is 6.06. The van der Waals surface area contributed by atoms with Gasteiger partial charge in [0.25, 0.3) is 0 Å². The molecule has 1 aliphatic rings. The third-order valence-corrected chi connectivity index (χ3v) is 7.59. The minimum Gasteiger partial charge on any atom is -0.248 e. The average molecular weight is 394 g/mol. The topological polar surface area (TPSA) is 20.3 Å². The van der Waals surface area contributed by atoms with Crippen molar-refractivity contribution in [2.45, 2.75) is 50.0 Å². The summed E-state index contributed by atoms with van der Waals surface area (Å²) in [6, 6.07) is 12.7. The van der Waals surface area contributed by atoms with Gasteiger partial charge in [0.2, 0.25) is 0 Å². The first-order valence-corrected chi connectivity index (χ1v) is 11.1. The van der Waals surface area contributed by atoms with Crippen molar-refractivity contribution in [2.24, 2.45) is 0 Å². The maximum Gasteiger partial charge on any atom is 0.127 e. The van der Waals surface area contributed by atoms with Crippen molar-refractivity contribution < 1.29 is 8.60 Å². The van der Waals surface area contributed by atoms with Crippen LogP contribution in [0, 0.1) is 12.7 Å². The smallest absolute Gasteiger partial charge is 0.127 e. The van der Waals surface area contributed by atoms with Gasteiger partial charge in [0.1, 0.15) is 5.82 Å². The van der Waals surface area contributed by atoms with Gasteiger partial charge in [-0.1, -0.05) is 41.8 Å². The number of rotatable bonds is 5. The van der Waals surface area contributed by atoms with Gasteiger partial charge >= 0.3 is 0 Å². The molecule has 1 saturated heterocycles. The van der Waals surface area contributed by atoms with E-state index in [1.807, 2.05) is 31.2 Å². The van der Waals surface area contributed by atoms with Gasteiger partial charge in [0.15, 0.2) is 0 Å². The zero-order valence-electron chi connectivity index (χ0n) is 15.1. The Balaban J connectivity index is 1.78. The molecule has 140 valence electrons. The Morgan fingerprint density at radius 1 is 1.23 bits per heavy atom. The normalized spacial score (nSPS) is 20.7. The predicted molar refractivity (Wildman–Crippen MR) is 109 cm³/mol. The van der Waals surface area contributed by atoms with Crippen molar-refractivity contribution >= 4 is 27.2 Å². The van der Waals surface area contributed by atoms with Gasteiger partial charge in [-0.05, 0) is 68.3 Å². The molecule has 0 amide bonds. The van der Waals surface area contributed by atoms with E-state index in [2.05, 4.69) is 10.2 Å². The first-order valence-electron chi connectivity index (χ1n) is 9.02. The summed E-state index contributed by atoms with van der Waals surface area (Å²) >= 11 is 5.83. The molecule has 2 unspecified atom stereocenters. The van der Waals surface area contributed by atoms with E-state index in [1.165, 1.54) is 6.07 Å². The molecule has 5 heteroatoms. The van der Waals surface area contributed by atoms with Crippen molar-refractivity contribution in [3.8, 4) is 0 Å². The van der Waals surface area contributed by atoms with Crippen molar-refractivity contribution in [2.75, 3.05) is 6.54 Å². The highest BCUT2D eigenvalue weighted by Gasteiger charge is 2.29. The maximum absolute atomic E-state index is 14.1. The fraction of sp³-hybridized carbons (Fsp3) is 0.381. The zero-order valence-corrected chi connectivity index (χ0v) is 16.7. The minimum absolute atomic E-state index is 0.144. The van der Waals surface area contributed by atoms with E-state index in [9.17, 15) is 8.60 Å². The lowest BCUT2D eigenvalue weighted by molar-refractivity contribution is 0.250. The second-order valence-corrected chi connectivity index (χ2v) is 9.68. The Hall–Kier alpha value is -1.36. The molecule has 0 aromatic heterocycles. The van der Waals surface area contributed by atoms with E-state index >= 15 is 0 Å². The van der Waals surface area contributed by atoms with Gasteiger partial charge in [-0.3, -0.25) is 0 Å². The molecule has 26 heavy (non-hydrogen) atoms. The highest BCUT2D eigenvalue weighted by molar-refractivity contribution is 7.98. The third-order valence-electron chi connectivity index (χ3n) is 5.10. The molecule has 0 saturated carbocycles. The van der Waals surface area contributed by atoms with Crippen molar-refractivity contribution in [1.29, 1.82) is 0 Å². The van der Waals surface area contributed by atoms with E-state index in [-0.39, 0.29) is 11.9 Å². The molecule has 0 bridgehead atoms. The van der Waals surface area contributed by atoms with Crippen LogP contribution in [0.1, 0.15) is 36.8 Å². The predicted octanol–water partition coefficient (Wildman–Crippen LogP) is 5.27. The van der Waals surface area contributed by atoms with Crippen LogP contribution >= 0.6 is 11.6 Å². The highest BCUT2D eigenvalue weighted by atomic mass is 35.5. The van der Waals surface area contributed by atoms with Gasteiger partial charge in [-0.25, -0.2) is 12.9 Å². The molecule has 2 aromatic rings. The third kappa shape index (κ3) is 4.30. The molecule has 1 fully saturated rings. The van der Waals surface area contributed by atoms with E-state index < -0.39 is 9.71 Å². The molecule has 2 atom stereocenters. The quantitative estimate of drug-likeness (QED) is 0.634. The Bertz CT molecular complexity index is 864. The second kappa shape index (κ2) is 8.12. The van der Waals surface area contributed by atoms with Crippen LogP contribution in [0.2, 0.25) is 5.02 Å². The molecule has 3 rings (SSSR count).